The third-order valence-corrected chi connectivity index (χ3v) is 4.62. The molecule has 4 atom stereocenters. The molecule has 0 aromatic rings. The van der Waals surface area contributed by atoms with E-state index in [9.17, 15) is 0 Å². The largest absolute Gasteiger partial charge is 0.378 e. The smallest absolute Gasteiger partial charge is 0.0612 e. The van der Waals surface area contributed by atoms with E-state index in [1.165, 1.54) is 38.5 Å². The highest BCUT2D eigenvalue weighted by molar-refractivity contribution is 4.85. The van der Waals surface area contributed by atoms with Crippen LogP contribution in [-0.2, 0) is 4.74 Å². The molecule has 2 fully saturated rings. The van der Waals surface area contributed by atoms with Gasteiger partial charge < -0.3 is 10.1 Å². The van der Waals surface area contributed by atoms with Crippen LogP contribution in [-0.4, -0.2) is 24.8 Å². The minimum Gasteiger partial charge on any atom is -0.378 e. The number of hydrogen-bond donors (Lipinski definition) is 1. The minimum atomic E-state index is 0.472. The second-order valence-corrected chi connectivity index (χ2v) is 6.41. The van der Waals surface area contributed by atoms with Gasteiger partial charge in [0.15, 0.2) is 0 Å². The molecule has 1 saturated heterocycles. The van der Waals surface area contributed by atoms with Crippen LogP contribution in [0, 0.1) is 11.8 Å². The first-order chi connectivity index (χ1) is 8.16. The third kappa shape index (κ3) is 3.69. The molecule has 0 amide bonds. The fourth-order valence-electron chi connectivity index (χ4n) is 3.31. The molecule has 2 aliphatic rings. The molecule has 0 aromatic heterocycles. The van der Waals surface area contributed by atoms with Crippen molar-refractivity contribution < 1.29 is 4.74 Å². The van der Waals surface area contributed by atoms with Gasteiger partial charge in [-0.05, 0) is 37.5 Å². The summed E-state index contributed by atoms with van der Waals surface area (Å²) in [6.45, 7) is 7.91. The minimum absolute atomic E-state index is 0.472. The first kappa shape index (κ1) is 13.4. The van der Waals surface area contributed by atoms with Crippen molar-refractivity contribution in [2.75, 3.05) is 6.61 Å². The monoisotopic (exact) mass is 239 g/mol. The predicted octanol–water partition coefficient (Wildman–Crippen LogP) is 3.36. The highest BCUT2D eigenvalue weighted by atomic mass is 16.5. The summed E-state index contributed by atoms with van der Waals surface area (Å²) in [7, 11) is 0. The van der Waals surface area contributed by atoms with Crippen LogP contribution in [0.1, 0.15) is 59.3 Å². The lowest BCUT2D eigenvalue weighted by atomic mass is 9.84. The molecule has 1 saturated carbocycles. The summed E-state index contributed by atoms with van der Waals surface area (Å²) in [6, 6.07) is 1.46. The Balaban J connectivity index is 1.81. The van der Waals surface area contributed by atoms with Gasteiger partial charge in [0.05, 0.1) is 6.10 Å². The van der Waals surface area contributed by atoms with Crippen molar-refractivity contribution in [1.29, 1.82) is 0 Å². The maximum atomic E-state index is 5.85. The van der Waals surface area contributed by atoms with E-state index in [2.05, 4.69) is 26.1 Å². The van der Waals surface area contributed by atoms with E-state index >= 15 is 0 Å². The van der Waals surface area contributed by atoms with Crippen LogP contribution in [0.25, 0.3) is 0 Å². The van der Waals surface area contributed by atoms with Crippen LogP contribution in [0.3, 0.4) is 0 Å². The van der Waals surface area contributed by atoms with E-state index in [0.29, 0.717) is 18.1 Å². The first-order valence-electron chi connectivity index (χ1n) is 7.54. The van der Waals surface area contributed by atoms with Crippen molar-refractivity contribution in [1.82, 2.24) is 5.32 Å². The maximum Gasteiger partial charge on any atom is 0.0612 e. The topological polar surface area (TPSA) is 21.3 Å². The average molecular weight is 239 g/mol. The average Bonchev–Trinajstić information content (AvgIpc) is 2.32. The molecule has 1 aliphatic heterocycles. The van der Waals surface area contributed by atoms with Crippen LogP contribution in [0.2, 0.25) is 0 Å². The Hall–Kier alpha value is -0.0800. The number of nitrogens with one attached hydrogen (secondary N) is 1. The molecule has 100 valence electrons. The van der Waals surface area contributed by atoms with Gasteiger partial charge in [0, 0.05) is 18.7 Å². The van der Waals surface area contributed by atoms with E-state index in [0.717, 1.165) is 18.6 Å². The lowest BCUT2D eigenvalue weighted by molar-refractivity contribution is -0.0275. The van der Waals surface area contributed by atoms with Crippen molar-refractivity contribution in [3.05, 3.63) is 0 Å². The van der Waals surface area contributed by atoms with Crippen molar-refractivity contribution in [2.24, 2.45) is 11.8 Å². The van der Waals surface area contributed by atoms with E-state index in [1.54, 1.807) is 0 Å². The predicted molar refractivity (Wildman–Crippen MR) is 72.2 cm³/mol. The molecule has 0 bridgehead atoms. The van der Waals surface area contributed by atoms with E-state index in [4.69, 9.17) is 4.74 Å². The Labute approximate surface area is 107 Å². The molecule has 1 aliphatic carbocycles. The Morgan fingerprint density at radius 2 is 1.88 bits per heavy atom. The summed E-state index contributed by atoms with van der Waals surface area (Å²) in [4.78, 5) is 0. The summed E-state index contributed by atoms with van der Waals surface area (Å²) < 4.78 is 5.85. The van der Waals surface area contributed by atoms with Gasteiger partial charge in [-0.2, -0.15) is 0 Å². The summed E-state index contributed by atoms with van der Waals surface area (Å²) >= 11 is 0. The Bertz CT molecular complexity index is 229. The van der Waals surface area contributed by atoms with Gasteiger partial charge in [0.1, 0.15) is 0 Å². The van der Waals surface area contributed by atoms with Crippen LogP contribution in [0.5, 0.6) is 0 Å². The normalized spacial score (nSPS) is 39.5. The summed E-state index contributed by atoms with van der Waals surface area (Å²) in [5.74, 6) is 1.52. The van der Waals surface area contributed by atoms with Gasteiger partial charge in [0.25, 0.3) is 0 Å². The molecular formula is C15H29NO. The van der Waals surface area contributed by atoms with E-state index in [1.807, 2.05) is 0 Å². The van der Waals surface area contributed by atoms with Gasteiger partial charge in [-0.15, -0.1) is 0 Å². The SMILES string of the molecule is CC(C)C1CC(NC2CCCCC2C)CCO1. The van der Waals surface area contributed by atoms with Gasteiger partial charge in [-0.25, -0.2) is 0 Å². The molecule has 2 rings (SSSR count). The zero-order valence-electron chi connectivity index (χ0n) is 11.7. The summed E-state index contributed by atoms with van der Waals surface area (Å²) in [6.07, 6.45) is 8.52. The molecule has 2 heteroatoms. The van der Waals surface area contributed by atoms with Gasteiger partial charge in [-0.3, -0.25) is 0 Å². The van der Waals surface area contributed by atoms with E-state index < -0.39 is 0 Å². The lowest BCUT2D eigenvalue weighted by Crippen LogP contribution is -2.48. The Morgan fingerprint density at radius 3 is 2.59 bits per heavy atom. The second-order valence-electron chi connectivity index (χ2n) is 6.41. The Kier molecular flexibility index (Phi) is 4.87. The molecule has 1 heterocycles. The van der Waals surface area contributed by atoms with Crippen LogP contribution >= 0.6 is 0 Å². The first-order valence-corrected chi connectivity index (χ1v) is 7.54. The standard InChI is InChI=1S/C15H29NO/c1-11(2)15-10-13(8-9-17-15)16-14-7-5-4-6-12(14)3/h11-16H,4-10H2,1-3H3. The van der Waals surface area contributed by atoms with Crippen LogP contribution in [0.15, 0.2) is 0 Å². The molecule has 0 spiro atoms. The van der Waals surface area contributed by atoms with Gasteiger partial charge >= 0.3 is 0 Å². The fraction of sp³-hybridized carbons (Fsp3) is 1.00. The highest BCUT2D eigenvalue weighted by Gasteiger charge is 2.28. The molecule has 17 heavy (non-hydrogen) atoms. The third-order valence-electron chi connectivity index (χ3n) is 4.62. The zero-order valence-corrected chi connectivity index (χ0v) is 11.7. The van der Waals surface area contributed by atoms with Gasteiger partial charge in [-0.1, -0.05) is 33.6 Å². The molecule has 0 aromatic carbocycles. The summed E-state index contributed by atoms with van der Waals surface area (Å²) in [5.41, 5.74) is 0. The molecule has 1 N–H and O–H groups in total. The number of rotatable bonds is 3. The number of hydrogen-bond acceptors (Lipinski definition) is 2. The van der Waals surface area contributed by atoms with Crippen molar-refractivity contribution >= 4 is 0 Å². The van der Waals surface area contributed by atoms with E-state index in [-0.39, 0.29) is 0 Å². The molecular weight excluding hydrogens is 210 g/mol. The highest BCUT2D eigenvalue weighted by Crippen LogP contribution is 2.26. The number of ether oxygens (including phenoxy) is 1. The van der Waals surface area contributed by atoms with Crippen molar-refractivity contribution in [2.45, 2.75) is 77.5 Å². The van der Waals surface area contributed by atoms with Crippen LogP contribution < -0.4 is 5.32 Å². The molecule has 4 unspecified atom stereocenters. The van der Waals surface area contributed by atoms with Crippen LogP contribution in [0.4, 0.5) is 0 Å². The Morgan fingerprint density at radius 1 is 1.12 bits per heavy atom. The molecule has 2 nitrogen and oxygen atoms in total. The van der Waals surface area contributed by atoms with Crippen molar-refractivity contribution in [3.63, 3.8) is 0 Å². The fourth-order valence-corrected chi connectivity index (χ4v) is 3.31. The summed E-state index contributed by atoms with van der Waals surface area (Å²) in [5, 5.41) is 3.91. The second kappa shape index (κ2) is 6.19. The van der Waals surface area contributed by atoms with Crippen molar-refractivity contribution in [3.8, 4) is 0 Å². The van der Waals surface area contributed by atoms with Gasteiger partial charge in [0.2, 0.25) is 0 Å². The quantitative estimate of drug-likeness (QED) is 0.815. The molecule has 0 radical (unpaired) electrons. The zero-order chi connectivity index (χ0) is 12.3. The lowest BCUT2D eigenvalue weighted by Gasteiger charge is -2.38. The maximum absolute atomic E-state index is 5.85.